The van der Waals surface area contributed by atoms with Gasteiger partial charge in [-0.3, -0.25) is 0 Å². The second-order valence-electron chi connectivity index (χ2n) is 4.36. The molecule has 0 radical (unpaired) electrons. The Bertz CT molecular complexity index is 298. The smallest absolute Gasteiger partial charge is 0.0546 e. The van der Waals surface area contributed by atoms with Gasteiger partial charge in [0.15, 0.2) is 0 Å². The third-order valence-electron chi connectivity index (χ3n) is 2.93. The molecule has 2 rings (SSSR count). The number of aliphatic hydroxyl groups is 1. The first-order valence-electron chi connectivity index (χ1n) is 5.91. The van der Waals surface area contributed by atoms with E-state index in [0.717, 1.165) is 31.7 Å². The minimum absolute atomic E-state index is 0.0227. The molecule has 16 heavy (non-hydrogen) atoms. The highest BCUT2D eigenvalue weighted by molar-refractivity contribution is 7.99. The number of benzene rings is 1. The summed E-state index contributed by atoms with van der Waals surface area (Å²) in [6, 6.07) is 10.5. The highest BCUT2D eigenvalue weighted by Gasteiger charge is 2.26. The molecular formula is C13H19NOS. The van der Waals surface area contributed by atoms with E-state index >= 15 is 0 Å². The van der Waals surface area contributed by atoms with Gasteiger partial charge in [-0.2, -0.15) is 0 Å². The topological polar surface area (TPSA) is 32.3 Å². The third-order valence-corrected chi connectivity index (χ3v) is 3.95. The molecule has 2 N–H and O–H groups in total. The highest BCUT2D eigenvalue weighted by Crippen LogP contribution is 2.26. The number of hydrogen-bond donors (Lipinski definition) is 2. The molecule has 0 unspecified atom stereocenters. The van der Waals surface area contributed by atoms with Gasteiger partial charge in [-0.05, 0) is 37.4 Å². The zero-order chi connectivity index (χ0) is 11.2. The number of hydrogen-bond acceptors (Lipinski definition) is 3. The van der Waals surface area contributed by atoms with Gasteiger partial charge >= 0.3 is 0 Å². The largest absolute Gasteiger partial charge is 0.393 e. The molecule has 1 fully saturated rings. The van der Waals surface area contributed by atoms with Crippen LogP contribution in [0.3, 0.4) is 0 Å². The van der Waals surface area contributed by atoms with Gasteiger partial charge in [0.25, 0.3) is 0 Å². The molecule has 1 aliphatic carbocycles. The highest BCUT2D eigenvalue weighted by atomic mass is 32.2. The molecule has 0 aromatic heterocycles. The van der Waals surface area contributed by atoms with Crippen LogP contribution in [-0.4, -0.2) is 30.1 Å². The molecule has 1 aromatic rings. The van der Waals surface area contributed by atoms with Gasteiger partial charge in [-0.15, -0.1) is 11.8 Å². The van der Waals surface area contributed by atoms with E-state index in [-0.39, 0.29) is 6.10 Å². The van der Waals surface area contributed by atoms with Gasteiger partial charge in [0.2, 0.25) is 0 Å². The average Bonchev–Trinajstić information content (AvgIpc) is 2.27. The summed E-state index contributed by atoms with van der Waals surface area (Å²) >= 11 is 1.89. The molecule has 1 aromatic carbocycles. The molecule has 0 saturated heterocycles. The fourth-order valence-electron chi connectivity index (χ4n) is 1.93. The molecule has 0 aliphatic heterocycles. The van der Waals surface area contributed by atoms with Crippen LogP contribution in [0.4, 0.5) is 0 Å². The first-order valence-corrected chi connectivity index (χ1v) is 6.90. The third kappa shape index (κ3) is 3.81. The first kappa shape index (κ1) is 12.0. The van der Waals surface area contributed by atoms with Gasteiger partial charge < -0.3 is 10.4 Å². The van der Waals surface area contributed by atoms with E-state index in [9.17, 15) is 0 Å². The van der Waals surface area contributed by atoms with E-state index < -0.39 is 0 Å². The minimum atomic E-state index is -0.0227. The average molecular weight is 237 g/mol. The van der Waals surface area contributed by atoms with Crippen molar-refractivity contribution in [3.05, 3.63) is 30.3 Å². The van der Waals surface area contributed by atoms with Crippen molar-refractivity contribution in [1.82, 2.24) is 5.32 Å². The summed E-state index contributed by atoms with van der Waals surface area (Å²) in [6.45, 7) is 2.11. The van der Waals surface area contributed by atoms with E-state index in [4.69, 9.17) is 5.11 Å². The molecule has 0 heterocycles. The quantitative estimate of drug-likeness (QED) is 0.587. The van der Waals surface area contributed by atoms with Gasteiger partial charge in [-0.25, -0.2) is 0 Å². The molecule has 0 bridgehead atoms. The number of nitrogens with one attached hydrogen (secondary N) is 1. The van der Waals surface area contributed by atoms with Crippen LogP contribution in [0.2, 0.25) is 0 Å². The summed E-state index contributed by atoms with van der Waals surface area (Å²) < 4.78 is 0. The summed E-state index contributed by atoms with van der Waals surface area (Å²) in [5.41, 5.74) is 0. The Morgan fingerprint density at radius 3 is 2.69 bits per heavy atom. The van der Waals surface area contributed by atoms with E-state index in [0.29, 0.717) is 5.92 Å². The summed E-state index contributed by atoms with van der Waals surface area (Å²) in [5, 5.41) is 12.6. The Hall–Kier alpha value is -0.510. The monoisotopic (exact) mass is 237 g/mol. The SMILES string of the molecule is OC1CC(CNCCSc2ccccc2)C1. The lowest BCUT2D eigenvalue weighted by atomic mass is 9.82. The Labute approximate surface area is 101 Å². The second-order valence-corrected chi connectivity index (χ2v) is 5.53. The van der Waals surface area contributed by atoms with Crippen molar-refractivity contribution in [2.45, 2.75) is 23.8 Å². The van der Waals surface area contributed by atoms with E-state index in [1.54, 1.807) is 0 Å². The van der Waals surface area contributed by atoms with Crippen molar-refractivity contribution in [2.75, 3.05) is 18.8 Å². The molecule has 88 valence electrons. The Kier molecular flexibility index (Phi) is 4.69. The summed E-state index contributed by atoms with van der Waals surface area (Å²) in [6.07, 6.45) is 1.95. The van der Waals surface area contributed by atoms with Crippen molar-refractivity contribution in [1.29, 1.82) is 0 Å². The van der Waals surface area contributed by atoms with E-state index in [2.05, 4.69) is 29.6 Å². The maximum atomic E-state index is 9.14. The predicted octanol–water partition coefficient (Wildman–Crippen LogP) is 2.14. The number of rotatable bonds is 6. The van der Waals surface area contributed by atoms with Crippen LogP contribution in [0.15, 0.2) is 35.2 Å². The fourth-order valence-corrected chi connectivity index (χ4v) is 2.76. The van der Waals surface area contributed by atoms with Crippen LogP contribution in [0.1, 0.15) is 12.8 Å². The maximum absolute atomic E-state index is 9.14. The summed E-state index contributed by atoms with van der Waals surface area (Å²) in [4.78, 5) is 1.34. The lowest BCUT2D eigenvalue weighted by molar-refractivity contribution is 0.0434. The summed E-state index contributed by atoms with van der Waals surface area (Å²) in [7, 11) is 0. The van der Waals surface area contributed by atoms with Crippen LogP contribution in [0.5, 0.6) is 0 Å². The lowest BCUT2D eigenvalue weighted by Crippen LogP contribution is -2.36. The van der Waals surface area contributed by atoms with E-state index in [1.807, 2.05) is 17.8 Å². The van der Waals surface area contributed by atoms with Crippen molar-refractivity contribution in [3.63, 3.8) is 0 Å². The fraction of sp³-hybridized carbons (Fsp3) is 0.538. The second kappa shape index (κ2) is 6.28. The Morgan fingerprint density at radius 2 is 2.00 bits per heavy atom. The molecule has 2 nitrogen and oxygen atoms in total. The molecule has 1 aliphatic rings. The van der Waals surface area contributed by atoms with Crippen LogP contribution in [0.25, 0.3) is 0 Å². The molecule has 0 spiro atoms. The molecule has 0 atom stereocenters. The Balaban J connectivity index is 1.49. The Morgan fingerprint density at radius 1 is 1.25 bits per heavy atom. The molecule has 0 amide bonds. The lowest BCUT2D eigenvalue weighted by Gasteiger charge is -2.31. The van der Waals surface area contributed by atoms with Gasteiger partial charge in [0.1, 0.15) is 0 Å². The zero-order valence-corrected chi connectivity index (χ0v) is 10.2. The van der Waals surface area contributed by atoms with Crippen LogP contribution in [-0.2, 0) is 0 Å². The van der Waals surface area contributed by atoms with Crippen molar-refractivity contribution in [3.8, 4) is 0 Å². The molecule has 1 saturated carbocycles. The first-order chi connectivity index (χ1) is 7.84. The minimum Gasteiger partial charge on any atom is -0.393 e. The zero-order valence-electron chi connectivity index (χ0n) is 9.43. The predicted molar refractivity (Wildman–Crippen MR) is 68.8 cm³/mol. The standard InChI is InChI=1S/C13H19NOS/c15-12-8-11(9-12)10-14-6-7-16-13-4-2-1-3-5-13/h1-5,11-12,14-15H,6-10H2. The molecule has 3 heteroatoms. The van der Waals surface area contributed by atoms with Crippen molar-refractivity contribution in [2.24, 2.45) is 5.92 Å². The maximum Gasteiger partial charge on any atom is 0.0546 e. The summed E-state index contributed by atoms with van der Waals surface area (Å²) in [5.74, 6) is 1.82. The van der Waals surface area contributed by atoms with Gasteiger partial charge in [-0.1, -0.05) is 18.2 Å². The van der Waals surface area contributed by atoms with Crippen molar-refractivity contribution < 1.29 is 5.11 Å². The van der Waals surface area contributed by atoms with Crippen LogP contribution in [0, 0.1) is 5.92 Å². The van der Waals surface area contributed by atoms with Crippen LogP contribution >= 0.6 is 11.8 Å². The van der Waals surface area contributed by atoms with Gasteiger partial charge in [0, 0.05) is 17.2 Å². The number of thioether (sulfide) groups is 1. The normalized spacial score (nSPS) is 24.1. The van der Waals surface area contributed by atoms with Crippen molar-refractivity contribution >= 4 is 11.8 Å². The van der Waals surface area contributed by atoms with Crippen LogP contribution < -0.4 is 5.32 Å². The number of aliphatic hydroxyl groups excluding tert-OH is 1. The molecular weight excluding hydrogens is 218 g/mol. The van der Waals surface area contributed by atoms with Gasteiger partial charge in [0.05, 0.1) is 6.10 Å². The van der Waals surface area contributed by atoms with E-state index in [1.165, 1.54) is 4.90 Å².